The fourth-order valence-electron chi connectivity index (χ4n) is 2.29. The summed E-state index contributed by atoms with van der Waals surface area (Å²) in [4.78, 5) is 12.5. The van der Waals surface area contributed by atoms with Crippen LogP contribution in [0, 0.1) is 0 Å². The van der Waals surface area contributed by atoms with Gasteiger partial charge in [-0.05, 0) is 23.8 Å². The average Bonchev–Trinajstić information content (AvgIpc) is 2.87. The molecule has 1 heterocycles. The Morgan fingerprint density at radius 3 is 2.79 bits per heavy atom. The van der Waals surface area contributed by atoms with Crippen molar-refractivity contribution in [3.63, 3.8) is 0 Å². The summed E-state index contributed by atoms with van der Waals surface area (Å²) in [7, 11) is 0. The third-order valence-corrected chi connectivity index (χ3v) is 3.95. The molecule has 0 amide bonds. The number of benzene rings is 1. The lowest BCUT2D eigenvalue weighted by molar-refractivity contribution is 0.475. The van der Waals surface area contributed by atoms with E-state index in [1.807, 2.05) is 30.4 Å². The topological polar surface area (TPSA) is 67.2 Å². The van der Waals surface area contributed by atoms with Gasteiger partial charge in [-0.25, -0.2) is 0 Å². The van der Waals surface area contributed by atoms with Crippen LogP contribution < -0.4 is 10.9 Å². The van der Waals surface area contributed by atoms with Gasteiger partial charge in [-0.2, -0.15) is 9.78 Å². The number of hydrogen-bond acceptors (Lipinski definition) is 4. The second-order valence-electron chi connectivity index (χ2n) is 5.28. The van der Waals surface area contributed by atoms with Crippen molar-refractivity contribution in [2.45, 2.75) is 13.0 Å². The molecule has 0 unspecified atom stereocenters. The smallest absolute Gasteiger partial charge is 0.292 e. The van der Waals surface area contributed by atoms with Crippen LogP contribution in [0.15, 0.2) is 65.6 Å². The quantitative estimate of drug-likeness (QED) is 0.892. The van der Waals surface area contributed by atoms with Gasteiger partial charge in [-0.3, -0.25) is 4.79 Å². The Morgan fingerprint density at radius 2 is 2.00 bits per heavy atom. The van der Waals surface area contributed by atoms with Crippen LogP contribution in [0.1, 0.15) is 12.0 Å². The standard InChI is InChI=1S/C18H16ClN3O2/c19-17-16(20-11-13-7-9-15(23)10-8-13)12-21-22(18(17)24)14-5-3-1-2-4-6-14/h1-5,7-10,12,20,23H,6,11H2. The maximum atomic E-state index is 12.5. The zero-order valence-corrected chi connectivity index (χ0v) is 13.6. The molecule has 1 aromatic carbocycles. The van der Waals surface area contributed by atoms with Crippen molar-refractivity contribution < 1.29 is 5.11 Å². The van der Waals surface area contributed by atoms with Crippen molar-refractivity contribution in [3.8, 4) is 5.75 Å². The fourth-order valence-corrected chi connectivity index (χ4v) is 2.49. The molecule has 2 N–H and O–H groups in total. The van der Waals surface area contributed by atoms with Gasteiger partial charge in [0.25, 0.3) is 5.56 Å². The molecule has 0 aliphatic heterocycles. The highest BCUT2D eigenvalue weighted by Gasteiger charge is 2.11. The Labute approximate surface area is 144 Å². The number of anilines is 1. The summed E-state index contributed by atoms with van der Waals surface area (Å²) in [5.74, 6) is 0.209. The van der Waals surface area contributed by atoms with E-state index in [9.17, 15) is 9.90 Å². The largest absolute Gasteiger partial charge is 0.508 e. The van der Waals surface area contributed by atoms with Gasteiger partial charge in [0.15, 0.2) is 0 Å². The first kappa shape index (κ1) is 16.1. The Hall–Kier alpha value is -2.79. The molecule has 5 nitrogen and oxygen atoms in total. The second-order valence-corrected chi connectivity index (χ2v) is 5.66. The van der Waals surface area contributed by atoms with Crippen LogP contribution in [0.2, 0.25) is 5.02 Å². The molecule has 24 heavy (non-hydrogen) atoms. The van der Waals surface area contributed by atoms with E-state index in [2.05, 4.69) is 10.4 Å². The van der Waals surface area contributed by atoms with E-state index in [0.29, 0.717) is 18.7 Å². The summed E-state index contributed by atoms with van der Waals surface area (Å²) in [5.41, 5.74) is 1.83. The van der Waals surface area contributed by atoms with E-state index in [4.69, 9.17) is 11.6 Å². The molecule has 0 saturated carbocycles. The van der Waals surface area contributed by atoms with Crippen LogP contribution >= 0.6 is 11.6 Å². The highest BCUT2D eigenvalue weighted by molar-refractivity contribution is 6.32. The number of nitrogens with one attached hydrogen (secondary N) is 1. The molecule has 0 spiro atoms. The van der Waals surface area contributed by atoms with Crippen LogP contribution in [0.25, 0.3) is 5.70 Å². The van der Waals surface area contributed by atoms with Gasteiger partial charge in [0.1, 0.15) is 10.8 Å². The van der Waals surface area contributed by atoms with Crippen molar-refractivity contribution >= 4 is 23.0 Å². The number of phenolic OH excluding ortho intramolecular Hbond substituents is 1. The zero-order chi connectivity index (χ0) is 16.9. The molecule has 0 bridgehead atoms. The van der Waals surface area contributed by atoms with Gasteiger partial charge < -0.3 is 10.4 Å². The predicted molar refractivity (Wildman–Crippen MR) is 96.1 cm³/mol. The predicted octanol–water partition coefficient (Wildman–Crippen LogP) is 3.57. The molecular weight excluding hydrogens is 326 g/mol. The molecule has 1 aliphatic rings. The number of nitrogens with zero attached hydrogens (tertiary/aromatic N) is 2. The molecule has 0 saturated heterocycles. The summed E-state index contributed by atoms with van der Waals surface area (Å²) in [5, 5.41) is 16.7. The first-order valence-corrected chi connectivity index (χ1v) is 7.85. The Balaban J connectivity index is 1.81. The lowest BCUT2D eigenvalue weighted by Gasteiger charge is -2.11. The van der Waals surface area contributed by atoms with E-state index in [1.165, 1.54) is 4.68 Å². The lowest BCUT2D eigenvalue weighted by atomic mass is 10.2. The normalized spacial score (nSPS) is 13.5. The highest BCUT2D eigenvalue weighted by Crippen LogP contribution is 2.19. The summed E-state index contributed by atoms with van der Waals surface area (Å²) in [6, 6.07) is 6.79. The number of hydrogen-bond donors (Lipinski definition) is 2. The van der Waals surface area contributed by atoms with Gasteiger partial charge in [0.2, 0.25) is 0 Å². The van der Waals surface area contributed by atoms with E-state index in [1.54, 1.807) is 30.5 Å². The monoisotopic (exact) mass is 341 g/mol. The van der Waals surface area contributed by atoms with E-state index >= 15 is 0 Å². The minimum Gasteiger partial charge on any atom is -0.508 e. The first-order chi connectivity index (χ1) is 11.6. The molecule has 1 aliphatic carbocycles. The van der Waals surface area contributed by atoms with E-state index in [0.717, 1.165) is 11.3 Å². The lowest BCUT2D eigenvalue weighted by Crippen LogP contribution is -2.23. The summed E-state index contributed by atoms with van der Waals surface area (Å²) in [6.45, 7) is 0.472. The molecule has 122 valence electrons. The van der Waals surface area contributed by atoms with Crippen molar-refractivity contribution in [3.05, 3.63) is 81.8 Å². The van der Waals surface area contributed by atoms with Crippen molar-refractivity contribution in [1.29, 1.82) is 0 Å². The number of aromatic nitrogens is 2. The number of allylic oxidation sites excluding steroid dienone is 6. The third kappa shape index (κ3) is 3.58. The van der Waals surface area contributed by atoms with Crippen LogP contribution in [-0.2, 0) is 6.54 Å². The maximum Gasteiger partial charge on any atom is 0.292 e. The number of phenols is 1. The van der Waals surface area contributed by atoms with Crippen molar-refractivity contribution in [1.82, 2.24) is 9.78 Å². The SMILES string of the molecule is O=c1c(Cl)c(NCc2ccc(O)cc2)cnn1C1=CC=CC=CC1. The van der Waals surface area contributed by atoms with Crippen molar-refractivity contribution in [2.24, 2.45) is 0 Å². The van der Waals surface area contributed by atoms with Crippen molar-refractivity contribution in [2.75, 3.05) is 5.32 Å². The Bertz CT molecular complexity index is 880. The summed E-state index contributed by atoms with van der Waals surface area (Å²) < 4.78 is 1.31. The van der Waals surface area contributed by atoms with Gasteiger partial charge in [-0.15, -0.1) is 0 Å². The fraction of sp³-hybridized carbons (Fsp3) is 0.111. The molecule has 3 rings (SSSR count). The molecule has 0 radical (unpaired) electrons. The van der Waals surface area contributed by atoms with Crippen LogP contribution in [0.3, 0.4) is 0 Å². The molecule has 0 atom stereocenters. The van der Waals surface area contributed by atoms with Gasteiger partial charge in [0.05, 0.1) is 11.9 Å². The molecular formula is C18H16ClN3O2. The van der Waals surface area contributed by atoms with Gasteiger partial charge >= 0.3 is 0 Å². The minimum absolute atomic E-state index is 0.0990. The summed E-state index contributed by atoms with van der Waals surface area (Å²) in [6.07, 6.45) is 11.6. The highest BCUT2D eigenvalue weighted by atomic mass is 35.5. The van der Waals surface area contributed by atoms with E-state index < -0.39 is 0 Å². The Kier molecular flexibility index (Phi) is 4.82. The first-order valence-electron chi connectivity index (χ1n) is 7.47. The van der Waals surface area contributed by atoms with Gasteiger partial charge in [0, 0.05) is 18.7 Å². The molecule has 2 aromatic rings. The maximum absolute atomic E-state index is 12.5. The zero-order valence-electron chi connectivity index (χ0n) is 12.8. The number of halogens is 1. The Morgan fingerprint density at radius 1 is 1.21 bits per heavy atom. The molecule has 0 fully saturated rings. The molecule has 6 heteroatoms. The van der Waals surface area contributed by atoms with Crippen LogP contribution in [0.4, 0.5) is 5.69 Å². The van der Waals surface area contributed by atoms with Crippen LogP contribution in [-0.4, -0.2) is 14.9 Å². The number of rotatable bonds is 4. The molecule has 1 aromatic heterocycles. The second kappa shape index (κ2) is 7.19. The van der Waals surface area contributed by atoms with E-state index in [-0.39, 0.29) is 16.3 Å². The third-order valence-electron chi connectivity index (χ3n) is 3.58. The minimum atomic E-state index is -0.359. The number of aromatic hydroxyl groups is 1. The average molecular weight is 342 g/mol. The van der Waals surface area contributed by atoms with Crippen LogP contribution in [0.5, 0.6) is 5.75 Å². The van der Waals surface area contributed by atoms with Gasteiger partial charge in [-0.1, -0.05) is 48.0 Å². The summed E-state index contributed by atoms with van der Waals surface area (Å²) >= 11 is 6.21.